The van der Waals surface area contributed by atoms with Gasteiger partial charge in [-0.05, 0) is 36.2 Å². The lowest BCUT2D eigenvalue weighted by Gasteiger charge is -2.08. The Kier molecular flexibility index (Phi) is 4.04. The van der Waals surface area contributed by atoms with E-state index < -0.39 is 5.82 Å². The number of halogens is 1. The molecule has 0 amide bonds. The van der Waals surface area contributed by atoms with E-state index in [9.17, 15) is 4.39 Å². The van der Waals surface area contributed by atoms with E-state index in [-0.39, 0.29) is 5.82 Å². The first-order valence-corrected chi connectivity index (χ1v) is 7.89. The Morgan fingerprint density at radius 2 is 1.88 bits per heavy atom. The fraction of sp³-hybridized carbons (Fsp3) is 0.111. The second-order valence-corrected chi connectivity index (χ2v) is 5.50. The van der Waals surface area contributed by atoms with Gasteiger partial charge in [0, 0.05) is 18.9 Å². The number of imidazole rings is 1. The van der Waals surface area contributed by atoms with Crippen LogP contribution in [0.5, 0.6) is 0 Å². The van der Waals surface area contributed by atoms with Crippen LogP contribution in [0.1, 0.15) is 5.56 Å². The van der Waals surface area contributed by atoms with E-state index in [2.05, 4.69) is 25.3 Å². The van der Waals surface area contributed by atoms with Gasteiger partial charge in [-0.25, -0.2) is 14.4 Å². The van der Waals surface area contributed by atoms with Gasteiger partial charge in [-0.3, -0.25) is 9.55 Å². The Morgan fingerprint density at radius 1 is 1.04 bits per heavy atom. The van der Waals surface area contributed by atoms with Crippen molar-refractivity contribution in [3.8, 4) is 5.82 Å². The van der Waals surface area contributed by atoms with E-state index in [4.69, 9.17) is 0 Å². The highest BCUT2D eigenvalue weighted by Crippen LogP contribution is 2.19. The topological polar surface area (TPSA) is 68.5 Å². The lowest BCUT2D eigenvalue weighted by atomic mass is 10.2. The smallest absolute Gasteiger partial charge is 0.224 e. The van der Waals surface area contributed by atoms with E-state index in [0.29, 0.717) is 12.5 Å². The highest BCUT2D eigenvalue weighted by atomic mass is 19.1. The molecule has 0 fully saturated rings. The summed E-state index contributed by atoms with van der Waals surface area (Å²) in [5.74, 6) is 0.0567. The third-order valence-electron chi connectivity index (χ3n) is 3.85. The minimum absolute atomic E-state index is 0.176. The Labute approximate surface area is 143 Å². The molecule has 0 atom stereocenters. The zero-order valence-corrected chi connectivity index (χ0v) is 13.3. The van der Waals surface area contributed by atoms with Gasteiger partial charge in [0.15, 0.2) is 11.6 Å². The highest BCUT2D eigenvalue weighted by molar-refractivity contribution is 5.76. The van der Waals surface area contributed by atoms with Crippen LogP contribution in [0.15, 0.2) is 61.3 Å². The van der Waals surface area contributed by atoms with Crippen LogP contribution in [-0.2, 0) is 6.42 Å². The zero-order valence-electron chi connectivity index (χ0n) is 13.3. The zero-order chi connectivity index (χ0) is 17.1. The van der Waals surface area contributed by atoms with Crippen LogP contribution < -0.4 is 5.32 Å². The molecule has 3 aromatic heterocycles. The van der Waals surface area contributed by atoms with Gasteiger partial charge >= 0.3 is 0 Å². The van der Waals surface area contributed by atoms with Crippen molar-refractivity contribution >= 4 is 17.0 Å². The fourth-order valence-corrected chi connectivity index (χ4v) is 2.61. The molecule has 0 radical (unpaired) electrons. The Morgan fingerprint density at radius 3 is 2.76 bits per heavy atom. The van der Waals surface area contributed by atoms with Crippen molar-refractivity contribution in [1.29, 1.82) is 0 Å². The Bertz CT molecular complexity index is 999. The van der Waals surface area contributed by atoms with E-state index in [1.54, 1.807) is 23.3 Å². The number of fused-ring (bicyclic) bond motifs is 1. The molecule has 0 spiro atoms. The van der Waals surface area contributed by atoms with Gasteiger partial charge in [-0.1, -0.05) is 12.1 Å². The Hall–Kier alpha value is -3.35. The lowest BCUT2D eigenvalue weighted by Crippen LogP contribution is -2.10. The molecule has 0 saturated heterocycles. The van der Waals surface area contributed by atoms with Gasteiger partial charge in [0.05, 0.1) is 17.2 Å². The number of benzene rings is 1. The van der Waals surface area contributed by atoms with Crippen LogP contribution in [0, 0.1) is 5.82 Å². The monoisotopic (exact) mass is 334 g/mol. The van der Waals surface area contributed by atoms with Gasteiger partial charge in [0.1, 0.15) is 6.33 Å². The van der Waals surface area contributed by atoms with Crippen molar-refractivity contribution in [3.05, 3.63) is 72.7 Å². The summed E-state index contributed by atoms with van der Waals surface area (Å²) in [6, 6.07) is 11.4. The average molecular weight is 334 g/mol. The summed E-state index contributed by atoms with van der Waals surface area (Å²) in [5.41, 5.74) is 2.74. The van der Waals surface area contributed by atoms with E-state index in [1.165, 1.54) is 6.20 Å². The van der Waals surface area contributed by atoms with Crippen LogP contribution in [0.25, 0.3) is 16.9 Å². The van der Waals surface area contributed by atoms with E-state index in [1.807, 2.05) is 36.4 Å². The van der Waals surface area contributed by atoms with Gasteiger partial charge in [-0.15, -0.1) is 0 Å². The SMILES string of the molecule is Fc1cnc(NCCc2ccncc2)nc1-n1cnc2ccccc21. The number of nitrogens with one attached hydrogen (secondary N) is 1. The van der Waals surface area contributed by atoms with Gasteiger partial charge < -0.3 is 5.32 Å². The lowest BCUT2D eigenvalue weighted by molar-refractivity contribution is 0.603. The van der Waals surface area contributed by atoms with Crippen molar-refractivity contribution < 1.29 is 4.39 Å². The molecule has 0 bridgehead atoms. The molecule has 0 aliphatic carbocycles. The van der Waals surface area contributed by atoms with Crippen molar-refractivity contribution in [2.75, 3.05) is 11.9 Å². The predicted octanol–water partition coefficient (Wildman–Crippen LogP) is 3.00. The molecule has 0 unspecified atom stereocenters. The van der Waals surface area contributed by atoms with Gasteiger partial charge in [-0.2, -0.15) is 4.98 Å². The van der Waals surface area contributed by atoms with Crippen LogP contribution in [0.2, 0.25) is 0 Å². The molecule has 0 aliphatic rings. The summed E-state index contributed by atoms with van der Waals surface area (Å²) >= 11 is 0. The highest BCUT2D eigenvalue weighted by Gasteiger charge is 2.12. The molecule has 0 saturated carbocycles. The molecule has 0 aliphatic heterocycles. The number of para-hydroxylation sites is 2. The molecule has 6 nitrogen and oxygen atoms in total. The van der Waals surface area contributed by atoms with Gasteiger partial charge in [0.2, 0.25) is 5.95 Å². The minimum atomic E-state index is -0.497. The second-order valence-electron chi connectivity index (χ2n) is 5.50. The third kappa shape index (κ3) is 3.16. The van der Waals surface area contributed by atoms with Crippen LogP contribution in [0.3, 0.4) is 0 Å². The van der Waals surface area contributed by atoms with Crippen molar-refractivity contribution in [2.24, 2.45) is 0 Å². The molecule has 4 rings (SSSR count). The van der Waals surface area contributed by atoms with Crippen LogP contribution in [0.4, 0.5) is 10.3 Å². The summed E-state index contributed by atoms with van der Waals surface area (Å²) in [6.07, 6.45) is 7.05. The first-order chi connectivity index (χ1) is 12.3. The molecule has 1 N–H and O–H groups in total. The number of pyridine rings is 1. The predicted molar refractivity (Wildman–Crippen MR) is 93.0 cm³/mol. The Balaban J connectivity index is 1.56. The summed E-state index contributed by atoms with van der Waals surface area (Å²) in [4.78, 5) is 16.6. The molecule has 4 aromatic rings. The van der Waals surface area contributed by atoms with E-state index >= 15 is 0 Å². The maximum atomic E-state index is 14.2. The summed E-state index contributed by atoms with van der Waals surface area (Å²) < 4.78 is 15.9. The van der Waals surface area contributed by atoms with Crippen molar-refractivity contribution in [3.63, 3.8) is 0 Å². The maximum absolute atomic E-state index is 14.2. The number of nitrogens with zero attached hydrogens (tertiary/aromatic N) is 5. The third-order valence-corrected chi connectivity index (χ3v) is 3.85. The van der Waals surface area contributed by atoms with Crippen molar-refractivity contribution in [2.45, 2.75) is 6.42 Å². The summed E-state index contributed by atoms with van der Waals surface area (Å²) in [7, 11) is 0. The summed E-state index contributed by atoms with van der Waals surface area (Å²) in [5, 5.41) is 3.13. The molecule has 25 heavy (non-hydrogen) atoms. The summed E-state index contributed by atoms with van der Waals surface area (Å²) in [6.45, 7) is 0.639. The number of hydrogen-bond acceptors (Lipinski definition) is 5. The number of anilines is 1. The van der Waals surface area contributed by atoms with Crippen LogP contribution in [-0.4, -0.2) is 31.0 Å². The standard InChI is InChI=1S/C18H15FN6/c19-14-11-22-18(21-10-7-13-5-8-20-9-6-13)24-17(14)25-12-23-15-3-1-2-4-16(15)25/h1-6,8-9,11-12H,7,10H2,(H,21,22,24). The largest absolute Gasteiger partial charge is 0.354 e. The maximum Gasteiger partial charge on any atom is 0.224 e. The molecular formula is C18H15FN6. The fourth-order valence-electron chi connectivity index (χ4n) is 2.61. The normalized spacial score (nSPS) is 10.9. The molecule has 7 heteroatoms. The second kappa shape index (κ2) is 6.64. The molecular weight excluding hydrogens is 319 g/mol. The quantitative estimate of drug-likeness (QED) is 0.608. The first-order valence-electron chi connectivity index (χ1n) is 7.89. The van der Waals surface area contributed by atoms with Gasteiger partial charge in [0.25, 0.3) is 0 Å². The number of hydrogen-bond donors (Lipinski definition) is 1. The average Bonchev–Trinajstić information content (AvgIpc) is 3.08. The number of rotatable bonds is 5. The van der Waals surface area contributed by atoms with E-state index in [0.717, 1.165) is 23.0 Å². The first kappa shape index (κ1) is 15.2. The minimum Gasteiger partial charge on any atom is -0.354 e. The molecule has 3 heterocycles. The number of aromatic nitrogens is 5. The molecule has 124 valence electrons. The van der Waals surface area contributed by atoms with Crippen LogP contribution >= 0.6 is 0 Å². The van der Waals surface area contributed by atoms with Crippen molar-refractivity contribution in [1.82, 2.24) is 24.5 Å². The molecule has 1 aromatic carbocycles.